The van der Waals surface area contributed by atoms with Crippen molar-refractivity contribution in [3.8, 4) is 17.0 Å². The van der Waals surface area contributed by atoms with E-state index in [4.69, 9.17) is 4.74 Å². The van der Waals surface area contributed by atoms with Crippen molar-refractivity contribution in [2.45, 2.75) is 32.3 Å². The number of hydrogen-bond donors (Lipinski definition) is 1. The Bertz CT molecular complexity index is 708. The highest BCUT2D eigenvalue weighted by atomic mass is 19.1. The van der Waals surface area contributed by atoms with Crippen LogP contribution in [0.4, 0.5) is 4.39 Å². The van der Waals surface area contributed by atoms with E-state index in [-0.39, 0.29) is 11.9 Å². The second-order valence-corrected chi connectivity index (χ2v) is 5.90. The second kappa shape index (κ2) is 9.74. The fourth-order valence-electron chi connectivity index (χ4n) is 2.37. The lowest BCUT2D eigenvalue weighted by Gasteiger charge is -2.06. The van der Waals surface area contributed by atoms with Crippen LogP contribution in [0.3, 0.4) is 0 Å². The van der Waals surface area contributed by atoms with Crippen molar-refractivity contribution in [2.75, 3.05) is 6.61 Å². The number of nitrogens with zero attached hydrogens (tertiary/aromatic N) is 1. The molecule has 0 saturated carbocycles. The number of ether oxygens (including phenoxy) is 1. The van der Waals surface area contributed by atoms with Gasteiger partial charge in [0.05, 0.1) is 18.0 Å². The van der Waals surface area contributed by atoms with Gasteiger partial charge in [0.2, 0.25) is 0 Å². The van der Waals surface area contributed by atoms with Gasteiger partial charge in [-0.05, 0) is 56.0 Å². The summed E-state index contributed by atoms with van der Waals surface area (Å²) in [5.41, 5.74) is 1.83. The molecule has 1 aromatic carbocycles. The largest absolute Gasteiger partial charge is 0.488 e. The average molecular weight is 341 g/mol. The molecule has 1 atom stereocenters. The number of unbranched alkanes of at least 4 members (excludes halogenated alkanes) is 1. The zero-order valence-electron chi connectivity index (χ0n) is 14.5. The summed E-state index contributed by atoms with van der Waals surface area (Å²) in [4.78, 5) is 4.25. The van der Waals surface area contributed by atoms with Crippen LogP contribution in [-0.2, 0) is 0 Å². The molecule has 0 aliphatic heterocycles. The summed E-state index contributed by atoms with van der Waals surface area (Å²) in [6, 6.07) is 8.61. The maximum atomic E-state index is 14.4. The van der Waals surface area contributed by atoms with Crippen molar-refractivity contribution in [2.24, 2.45) is 0 Å². The van der Waals surface area contributed by atoms with Crippen molar-refractivity contribution in [1.82, 2.24) is 4.98 Å². The number of aliphatic hydroxyl groups is 1. The van der Waals surface area contributed by atoms with Crippen LogP contribution in [-0.4, -0.2) is 22.8 Å². The van der Waals surface area contributed by atoms with Gasteiger partial charge in [-0.15, -0.1) is 0 Å². The highest BCUT2D eigenvalue weighted by Gasteiger charge is 2.07. The Kier molecular flexibility index (Phi) is 7.36. The van der Waals surface area contributed by atoms with Crippen LogP contribution in [0.1, 0.15) is 31.7 Å². The normalized spacial score (nSPS) is 12.3. The molecule has 0 spiro atoms. The molecule has 0 amide bonds. The monoisotopic (exact) mass is 341 g/mol. The van der Waals surface area contributed by atoms with Crippen LogP contribution in [0.15, 0.2) is 55.3 Å². The van der Waals surface area contributed by atoms with Crippen LogP contribution in [0.2, 0.25) is 0 Å². The lowest BCUT2D eigenvalue weighted by molar-refractivity contribution is 0.182. The minimum atomic E-state index is -0.307. The lowest BCUT2D eigenvalue weighted by Crippen LogP contribution is -1.97. The Morgan fingerprint density at radius 3 is 2.80 bits per heavy atom. The van der Waals surface area contributed by atoms with Crippen molar-refractivity contribution < 1.29 is 14.2 Å². The predicted molar refractivity (Wildman–Crippen MR) is 99.9 cm³/mol. The third-order valence-corrected chi connectivity index (χ3v) is 3.68. The Hall–Kier alpha value is -2.46. The molecular formula is C21H24FNO2. The smallest absolute Gasteiger partial charge is 0.138 e. The van der Waals surface area contributed by atoms with Gasteiger partial charge >= 0.3 is 0 Å². The molecule has 2 rings (SSSR count). The number of aromatic nitrogens is 1. The Labute approximate surface area is 148 Å². The van der Waals surface area contributed by atoms with Gasteiger partial charge in [0.1, 0.15) is 18.2 Å². The topological polar surface area (TPSA) is 42.4 Å². The minimum Gasteiger partial charge on any atom is -0.488 e. The van der Waals surface area contributed by atoms with E-state index in [1.165, 1.54) is 6.07 Å². The molecule has 132 valence electrons. The van der Waals surface area contributed by atoms with E-state index < -0.39 is 0 Å². The molecule has 1 aromatic heterocycles. The van der Waals surface area contributed by atoms with Gasteiger partial charge in [0.15, 0.2) is 0 Å². The van der Waals surface area contributed by atoms with Crippen molar-refractivity contribution in [1.29, 1.82) is 0 Å². The van der Waals surface area contributed by atoms with Crippen LogP contribution in [0.5, 0.6) is 5.75 Å². The summed E-state index contributed by atoms with van der Waals surface area (Å²) < 4.78 is 19.7. The highest BCUT2D eigenvalue weighted by molar-refractivity contribution is 5.63. The van der Waals surface area contributed by atoms with E-state index in [2.05, 4.69) is 11.6 Å². The molecule has 25 heavy (non-hydrogen) atoms. The zero-order valence-corrected chi connectivity index (χ0v) is 14.5. The van der Waals surface area contributed by atoms with Gasteiger partial charge in [-0.1, -0.05) is 30.9 Å². The summed E-state index contributed by atoms with van der Waals surface area (Å²) in [5.74, 6) is 0.319. The molecule has 1 unspecified atom stereocenters. The van der Waals surface area contributed by atoms with Crippen LogP contribution >= 0.6 is 0 Å². The SMILES string of the molecule is C=CCOc1ccc(-c2ccc(/C=C/CCCC(C)O)cc2F)nc1. The Morgan fingerprint density at radius 1 is 1.32 bits per heavy atom. The third-order valence-electron chi connectivity index (χ3n) is 3.68. The van der Waals surface area contributed by atoms with Gasteiger partial charge < -0.3 is 9.84 Å². The fourth-order valence-corrected chi connectivity index (χ4v) is 2.37. The number of aliphatic hydroxyl groups excluding tert-OH is 1. The molecule has 1 N–H and O–H groups in total. The fraction of sp³-hybridized carbons (Fsp3) is 0.286. The molecule has 2 aromatic rings. The summed E-state index contributed by atoms with van der Waals surface area (Å²) >= 11 is 0. The highest BCUT2D eigenvalue weighted by Crippen LogP contribution is 2.24. The second-order valence-electron chi connectivity index (χ2n) is 5.90. The molecule has 1 heterocycles. The molecule has 3 nitrogen and oxygen atoms in total. The Balaban J connectivity index is 2.01. The van der Waals surface area contributed by atoms with E-state index in [1.54, 1.807) is 37.4 Å². The average Bonchev–Trinajstić information content (AvgIpc) is 2.60. The van der Waals surface area contributed by atoms with Crippen molar-refractivity contribution >= 4 is 6.08 Å². The maximum absolute atomic E-state index is 14.4. The van der Waals surface area contributed by atoms with E-state index in [0.717, 1.165) is 24.8 Å². The Morgan fingerprint density at radius 2 is 2.16 bits per heavy atom. The number of benzene rings is 1. The minimum absolute atomic E-state index is 0.272. The molecule has 0 bridgehead atoms. The molecule has 0 aliphatic rings. The van der Waals surface area contributed by atoms with E-state index >= 15 is 0 Å². The first kappa shape index (κ1) is 18.9. The summed E-state index contributed by atoms with van der Waals surface area (Å²) in [6.45, 7) is 5.78. The number of hydrogen-bond acceptors (Lipinski definition) is 3. The van der Waals surface area contributed by atoms with Gasteiger partial charge in [0.25, 0.3) is 0 Å². The van der Waals surface area contributed by atoms with Gasteiger partial charge in [-0.3, -0.25) is 4.98 Å². The first-order chi connectivity index (χ1) is 12.1. The van der Waals surface area contributed by atoms with E-state index in [1.807, 2.05) is 18.2 Å². The molecule has 0 saturated heterocycles. The van der Waals surface area contributed by atoms with E-state index in [9.17, 15) is 9.50 Å². The van der Waals surface area contributed by atoms with Crippen LogP contribution in [0.25, 0.3) is 17.3 Å². The number of allylic oxidation sites excluding steroid dienone is 1. The zero-order chi connectivity index (χ0) is 18.1. The summed E-state index contributed by atoms with van der Waals surface area (Å²) in [7, 11) is 0. The van der Waals surface area contributed by atoms with Gasteiger partial charge in [-0.25, -0.2) is 4.39 Å². The number of pyridine rings is 1. The summed E-state index contributed by atoms with van der Waals surface area (Å²) in [6.07, 6.45) is 9.41. The lowest BCUT2D eigenvalue weighted by atomic mass is 10.1. The number of rotatable bonds is 9. The van der Waals surface area contributed by atoms with E-state index in [0.29, 0.717) is 23.6 Å². The van der Waals surface area contributed by atoms with Crippen molar-refractivity contribution in [3.05, 3.63) is 66.6 Å². The number of halogens is 1. The molecule has 0 fully saturated rings. The molecule has 4 heteroatoms. The van der Waals surface area contributed by atoms with Gasteiger partial charge in [-0.2, -0.15) is 0 Å². The third kappa shape index (κ3) is 6.16. The quantitative estimate of drug-likeness (QED) is 0.514. The molecule has 0 aliphatic carbocycles. The summed E-state index contributed by atoms with van der Waals surface area (Å²) in [5, 5.41) is 9.21. The first-order valence-corrected chi connectivity index (χ1v) is 8.44. The van der Waals surface area contributed by atoms with Gasteiger partial charge in [0, 0.05) is 5.56 Å². The molecule has 0 radical (unpaired) electrons. The maximum Gasteiger partial charge on any atom is 0.138 e. The molecular weight excluding hydrogens is 317 g/mol. The standard InChI is InChI=1S/C21H24FNO2/c1-3-13-25-18-10-12-21(23-15-18)19-11-9-17(14-20(19)22)8-6-4-5-7-16(2)24/h3,6,8-12,14-16,24H,1,4-5,7,13H2,2H3/b8-6+. The predicted octanol–water partition coefficient (Wildman–Crippen LogP) is 5.02. The first-order valence-electron chi connectivity index (χ1n) is 8.44. The van der Waals surface area contributed by atoms with Crippen molar-refractivity contribution in [3.63, 3.8) is 0 Å². The van der Waals surface area contributed by atoms with Crippen LogP contribution < -0.4 is 4.74 Å². The van der Waals surface area contributed by atoms with Crippen LogP contribution in [0, 0.1) is 5.82 Å².